The number of carbonyl (C=O) groups is 2. The maximum atomic E-state index is 12.9. The summed E-state index contributed by atoms with van der Waals surface area (Å²) in [4.78, 5) is 23.9. The highest BCUT2D eigenvalue weighted by Gasteiger charge is 2.13. The van der Waals surface area contributed by atoms with Gasteiger partial charge in [0.05, 0.1) is 6.21 Å². The van der Waals surface area contributed by atoms with Gasteiger partial charge in [-0.1, -0.05) is 42.5 Å². The van der Waals surface area contributed by atoms with Crippen LogP contribution in [0.1, 0.15) is 16.7 Å². The van der Waals surface area contributed by atoms with Crippen LogP contribution in [0.2, 0.25) is 0 Å². The second-order valence-corrected chi connectivity index (χ2v) is 6.46. The molecule has 0 saturated heterocycles. The SMILES string of the molecule is Cc1ccccc1NC(=O)C(=O)N/N=C\c1cccc(OCc2ccc(F)cc2)c1. The highest BCUT2D eigenvalue weighted by Crippen LogP contribution is 2.15. The Morgan fingerprint density at radius 2 is 1.77 bits per heavy atom. The van der Waals surface area contributed by atoms with Crippen molar-refractivity contribution in [3.8, 4) is 5.75 Å². The third-order valence-corrected chi connectivity index (χ3v) is 4.16. The normalized spacial score (nSPS) is 10.6. The Bertz CT molecular complexity index is 1070. The van der Waals surface area contributed by atoms with Crippen LogP contribution in [0, 0.1) is 12.7 Å². The van der Waals surface area contributed by atoms with Crippen LogP contribution in [-0.2, 0) is 16.2 Å². The summed E-state index contributed by atoms with van der Waals surface area (Å²) in [5.41, 5.74) is 5.11. The van der Waals surface area contributed by atoms with E-state index < -0.39 is 11.8 Å². The lowest BCUT2D eigenvalue weighted by Crippen LogP contribution is -2.32. The van der Waals surface area contributed by atoms with E-state index >= 15 is 0 Å². The molecule has 0 saturated carbocycles. The zero-order valence-electron chi connectivity index (χ0n) is 16.3. The molecule has 30 heavy (non-hydrogen) atoms. The smallest absolute Gasteiger partial charge is 0.329 e. The molecule has 3 rings (SSSR count). The van der Waals surface area contributed by atoms with Gasteiger partial charge >= 0.3 is 11.8 Å². The molecule has 0 aromatic heterocycles. The summed E-state index contributed by atoms with van der Waals surface area (Å²) in [6.07, 6.45) is 1.41. The molecule has 0 bridgehead atoms. The fourth-order valence-corrected chi connectivity index (χ4v) is 2.54. The highest BCUT2D eigenvalue weighted by atomic mass is 19.1. The van der Waals surface area contributed by atoms with E-state index in [0.29, 0.717) is 17.0 Å². The summed E-state index contributed by atoms with van der Waals surface area (Å²) in [6, 6.07) is 20.2. The molecule has 0 fully saturated rings. The number of carbonyl (C=O) groups excluding carboxylic acids is 2. The van der Waals surface area contributed by atoms with Crippen LogP contribution < -0.4 is 15.5 Å². The number of halogens is 1. The predicted molar refractivity (Wildman–Crippen MR) is 113 cm³/mol. The summed E-state index contributed by atoms with van der Waals surface area (Å²) in [7, 11) is 0. The van der Waals surface area contributed by atoms with Gasteiger partial charge in [0.1, 0.15) is 18.2 Å². The molecule has 2 amide bonds. The van der Waals surface area contributed by atoms with Crippen molar-refractivity contribution < 1.29 is 18.7 Å². The first-order valence-electron chi connectivity index (χ1n) is 9.18. The lowest BCUT2D eigenvalue weighted by molar-refractivity contribution is -0.136. The number of aryl methyl sites for hydroxylation is 1. The Morgan fingerprint density at radius 1 is 1.00 bits per heavy atom. The molecule has 0 atom stereocenters. The van der Waals surface area contributed by atoms with Crippen molar-refractivity contribution in [2.45, 2.75) is 13.5 Å². The van der Waals surface area contributed by atoms with Crippen molar-refractivity contribution in [3.63, 3.8) is 0 Å². The second-order valence-electron chi connectivity index (χ2n) is 6.46. The largest absolute Gasteiger partial charge is 0.489 e. The van der Waals surface area contributed by atoms with Crippen molar-refractivity contribution in [2.75, 3.05) is 5.32 Å². The number of ether oxygens (including phenoxy) is 1. The molecular weight excluding hydrogens is 385 g/mol. The van der Waals surface area contributed by atoms with Crippen molar-refractivity contribution in [1.29, 1.82) is 0 Å². The highest BCUT2D eigenvalue weighted by molar-refractivity contribution is 6.39. The van der Waals surface area contributed by atoms with Crippen LogP contribution in [0.5, 0.6) is 5.75 Å². The lowest BCUT2D eigenvalue weighted by atomic mass is 10.2. The van der Waals surface area contributed by atoms with Gasteiger partial charge in [-0.2, -0.15) is 5.10 Å². The van der Waals surface area contributed by atoms with E-state index in [2.05, 4.69) is 15.8 Å². The molecule has 6 nitrogen and oxygen atoms in total. The summed E-state index contributed by atoms with van der Waals surface area (Å²) in [5.74, 6) is -1.39. The Hall–Kier alpha value is -4.00. The summed E-state index contributed by atoms with van der Waals surface area (Å²) >= 11 is 0. The van der Waals surface area contributed by atoms with E-state index in [4.69, 9.17) is 4.74 Å². The molecule has 0 unspecified atom stereocenters. The van der Waals surface area contributed by atoms with E-state index in [-0.39, 0.29) is 12.4 Å². The van der Waals surface area contributed by atoms with Crippen LogP contribution >= 0.6 is 0 Å². The van der Waals surface area contributed by atoms with Gasteiger partial charge in [0.25, 0.3) is 0 Å². The Labute approximate surface area is 173 Å². The molecule has 0 radical (unpaired) electrons. The minimum atomic E-state index is -0.877. The van der Waals surface area contributed by atoms with Crippen molar-refractivity contribution in [3.05, 3.63) is 95.3 Å². The van der Waals surface area contributed by atoms with Gasteiger partial charge < -0.3 is 10.1 Å². The van der Waals surface area contributed by atoms with Crippen molar-refractivity contribution in [1.82, 2.24) is 5.43 Å². The fraction of sp³-hybridized carbons (Fsp3) is 0.0870. The molecule has 2 N–H and O–H groups in total. The van der Waals surface area contributed by atoms with Crippen LogP contribution in [0.25, 0.3) is 0 Å². The van der Waals surface area contributed by atoms with Crippen LogP contribution in [0.3, 0.4) is 0 Å². The Morgan fingerprint density at radius 3 is 2.53 bits per heavy atom. The number of para-hydroxylation sites is 1. The Balaban J connectivity index is 1.52. The first-order valence-corrected chi connectivity index (χ1v) is 9.18. The number of hydrogen-bond acceptors (Lipinski definition) is 4. The number of anilines is 1. The number of amides is 2. The average molecular weight is 405 g/mol. The molecule has 7 heteroatoms. The van der Waals surface area contributed by atoms with E-state index in [1.807, 2.05) is 19.1 Å². The fourth-order valence-electron chi connectivity index (χ4n) is 2.54. The quantitative estimate of drug-likeness (QED) is 0.372. The van der Waals surface area contributed by atoms with Gasteiger partial charge in [0, 0.05) is 5.69 Å². The van der Waals surface area contributed by atoms with Crippen LogP contribution in [-0.4, -0.2) is 18.0 Å². The zero-order valence-corrected chi connectivity index (χ0v) is 16.3. The number of hydrazone groups is 1. The zero-order chi connectivity index (χ0) is 21.3. The van der Waals surface area contributed by atoms with E-state index in [1.165, 1.54) is 18.3 Å². The van der Waals surface area contributed by atoms with Gasteiger partial charge in [-0.15, -0.1) is 0 Å². The number of nitrogens with one attached hydrogen (secondary N) is 2. The molecule has 3 aromatic carbocycles. The van der Waals surface area contributed by atoms with Gasteiger partial charge in [-0.3, -0.25) is 9.59 Å². The van der Waals surface area contributed by atoms with E-state index in [1.54, 1.807) is 48.5 Å². The standard InChI is InChI=1S/C23H20FN3O3/c1-16-5-2-3-8-21(16)26-22(28)23(29)27-25-14-18-6-4-7-20(13-18)30-15-17-9-11-19(24)12-10-17/h2-14H,15H2,1H3,(H,26,28)(H,27,29)/b25-14-. The molecular formula is C23H20FN3O3. The maximum absolute atomic E-state index is 12.9. The van der Waals surface area contributed by atoms with Crippen molar-refractivity contribution in [2.24, 2.45) is 5.10 Å². The van der Waals surface area contributed by atoms with E-state index in [0.717, 1.165) is 11.1 Å². The minimum absolute atomic E-state index is 0.288. The summed E-state index contributed by atoms with van der Waals surface area (Å²) < 4.78 is 18.6. The number of rotatable bonds is 6. The number of nitrogens with zero attached hydrogens (tertiary/aromatic N) is 1. The second kappa shape index (κ2) is 9.97. The molecule has 152 valence electrons. The molecule has 0 spiro atoms. The van der Waals surface area contributed by atoms with Gasteiger partial charge in [0.15, 0.2) is 0 Å². The molecule has 0 aliphatic rings. The number of hydrogen-bond donors (Lipinski definition) is 2. The molecule has 0 aliphatic carbocycles. The maximum Gasteiger partial charge on any atom is 0.329 e. The molecule has 0 heterocycles. The Kier molecular flexibility index (Phi) is 6.89. The van der Waals surface area contributed by atoms with E-state index in [9.17, 15) is 14.0 Å². The summed E-state index contributed by atoms with van der Waals surface area (Å²) in [6.45, 7) is 2.12. The van der Waals surface area contributed by atoms with Crippen molar-refractivity contribution >= 4 is 23.7 Å². The third kappa shape index (κ3) is 6.00. The van der Waals surface area contributed by atoms with Gasteiger partial charge in [-0.25, -0.2) is 9.82 Å². The van der Waals surface area contributed by atoms with Gasteiger partial charge in [-0.05, 0) is 53.9 Å². The van der Waals surface area contributed by atoms with Crippen LogP contribution in [0.15, 0.2) is 77.9 Å². The topological polar surface area (TPSA) is 79.8 Å². The summed E-state index contributed by atoms with van der Waals surface area (Å²) in [5, 5.41) is 6.35. The monoisotopic (exact) mass is 405 g/mol. The first kappa shape index (κ1) is 20.7. The first-order chi connectivity index (χ1) is 14.5. The minimum Gasteiger partial charge on any atom is -0.489 e. The van der Waals surface area contributed by atoms with Crippen LogP contribution in [0.4, 0.5) is 10.1 Å². The lowest BCUT2D eigenvalue weighted by Gasteiger charge is -2.07. The van der Waals surface area contributed by atoms with Gasteiger partial charge in [0.2, 0.25) is 0 Å². The molecule has 3 aromatic rings. The third-order valence-electron chi connectivity index (χ3n) is 4.16. The average Bonchev–Trinajstić information content (AvgIpc) is 2.75. The number of benzene rings is 3. The molecule has 0 aliphatic heterocycles. The predicted octanol–water partition coefficient (Wildman–Crippen LogP) is 3.80.